The molecule has 112 valence electrons. The van der Waals surface area contributed by atoms with Crippen molar-refractivity contribution in [1.82, 2.24) is 0 Å². The van der Waals surface area contributed by atoms with Crippen LogP contribution in [0.1, 0.15) is 78.6 Å². The van der Waals surface area contributed by atoms with Crippen LogP contribution in [0.2, 0.25) is 0 Å². The average Bonchev–Trinajstić information content (AvgIpc) is 2.74. The Bertz CT molecular complexity index is 433. The summed E-state index contributed by atoms with van der Waals surface area (Å²) in [6.45, 7) is 7.68. The van der Waals surface area contributed by atoms with Gasteiger partial charge in [0.1, 0.15) is 0 Å². The van der Waals surface area contributed by atoms with Crippen LogP contribution in [0.5, 0.6) is 0 Å². The van der Waals surface area contributed by atoms with Gasteiger partial charge in [-0.05, 0) is 86.4 Å². The van der Waals surface area contributed by atoms with Crippen molar-refractivity contribution in [2.45, 2.75) is 78.6 Å². The normalized spacial score (nSPS) is 54.6. The van der Waals surface area contributed by atoms with Gasteiger partial charge in [0.25, 0.3) is 0 Å². The largest absolute Gasteiger partial charge is 0.0847 e. The first kappa shape index (κ1) is 13.4. The average molecular weight is 272 g/mol. The van der Waals surface area contributed by atoms with Crippen molar-refractivity contribution < 1.29 is 0 Å². The van der Waals surface area contributed by atoms with Gasteiger partial charge in [0.05, 0.1) is 0 Å². The maximum Gasteiger partial charge on any atom is -0.00851 e. The van der Waals surface area contributed by atoms with Gasteiger partial charge < -0.3 is 0 Å². The van der Waals surface area contributed by atoms with Crippen LogP contribution in [-0.4, -0.2) is 0 Å². The van der Waals surface area contributed by atoms with Crippen molar-refractivity contribution in [3.05, 3.63) is 11.6 Å². The van der Waals surface area contributed by atoms with Crippen LogP contribution in [-0.2, 0) is 0 Å². The molecule has 0 amide bonds. The minimum atomic E-state index is 0.568. The van der Waals surface area contributed by atoms with Crippen molar-refractivity contribution in [2.75, 3.05) is 0 Å². The Balaban J connectivity index is 1.65. The summed E-state index contributed by atoms with van der Waals surface area (Å²) in [6, 6.07) is 0. The molecular weight excluding hydrogens is 240 g/mol. The predicted molar refractivity (Wildman–Crippen MR) is 85.5 cm³/mol. The topological polar surface area (TPSA) is 0 Å². The number of hydrogen-bond acceptors (Lipinski definition) is 0. The lowest BCUT2D eigenvalue weighted by molar-refractivity contribution is -0.0987. The third-order valence-electron chi connectivity index (χ3n) is 8.55. The van der Waals surface area contributed by atoms with Gasteiger partial charge in [-0.15, -0.1) is 0 Å². The molecule has 0 aromatic heterocycles. The van der Waals surface area contributed by atoms with Crippen LogP contribution in [0.3, 0.4) is 0 Å². The standard InChI is InChI=1S/C20H32/c1-14-7-10-17-16-9-8-15-6-4-5-12-20(15,3)18(16)11-13-19(14,17)2/h7,15-18H,4-6,8-13H2,1-3H3/t15-,16+,17+,18+,19-,20+/m1/s1. The molecule has 0 spiro atoms. The second-order valence-electron chi connectivity index (χ2n) is 8.98. The molecule has 0 N–H and O–H groups in total. The lowest BCUT2D eigenvalue weighted by Crippen LogP contribution is -2.52. The third-order valence-corrected chi connectivity index (χ3v) is 8.55. The summed E-state index contributed by atoms with van der Waals surface area (Å²) in [5.41, 5.74) is 3.00. The van der Waals surface area contributed by atoms with E-state index in [1.807, 2.05) is 0 Å². The van der Waals surface area contributed by atoms with E-state index in [4.69, 9.17) is 0 Å². The number of rotatable bonds is 0. The van der Waals surface area contributed by atoms with Gasteiger partial charge in [-0.1, -0.05) is 38.3 Å². The maximum absolute atomic E-state index is 2.69. The van der Waals surface area contributed by atoms with Gasteiger partial charge in [0, 0.05) is 0 Å². The van der Waals surface area contributed by atoms with E-state index in [0.29, 0.717) is 10.8 Å². The van der Waals surface area contributed by atoms with Crippen molar-refractivity contribution in [2.24, 2.45) is 34.5 Å². The molecule has 0 saturated heterocycles. The van der Waals surface area contributed by atoms with Crippen LogP contribution in [0.15, 0.2) is 11.6 Å². The van der Waals surface area contributed by atoms with Gasteiger partial charge in [-0.25, -0.2) is 0 Å². The summed E-state index contributed by atoms with van der Waals surface area (Å²) in [4.78, 5) is 0. The van der Waals surface area contributed by atoms with Crippen molar-refractivity contribution in [3.63, 3.8) is 0 Å². The van der Waals surface area contributed by atoms with Gasteiger partial charge in [0.15, 0.2) is 0 Å². The van der Waals surface area contributed by atoms with E-state index in [2.05, 4.69) is 26.8 Å². The number of fused-ring (bicyclic) bond motifs is 5. The van der Waals surface area contributed by atoms with Crippen molar-refractivity contribution in [1.29, 1.82) is 0 Å². The number of allylic oxidation sites excluding steroid dienone is 2. The Morgan fingerprint density at radius 3 is 2.65 bits per heavy atom. The molecule has 6 atom stereocenters. The highest BCUT2D eigenvalue weighted by atomic mass is 14.6. The van der Waals surface area contributed by atoms with Crippen LogP contribution in [0.25, 0.3) is 0 Å². The first-order valence-electron chi connectivity index (χ1n) is 9.23. The zero-order chi connectivity index (χ0) is 14.0. The number of hydrogen-bond donors (Lipinski definition) is 0. The minimum absolute atomic E-state index is 0.568. The fourth-order valence-electron chi connectivity index (χ4n) is 7.08. The van der Waals surface area contributed by atoms with E-state index < -0.39 is 0 Å². The van der Waals surface area contributed by atoms with E-state index in [9.17, 15) is 0 Å². The van der Waals surface area contributed by atoms with Crippen molar-refractivity contribution in [3.8, 4) is 0 Å². The molecular formula is C20H32. The molecule has 4 aliphatic carbocycles. The van der Waals surface area contributed by atoms with Gasteiger partial charge >= 0.3 is 0 Å². The molecule has 0 heterocycles. The van der Waals surface area contributed by atoms with E-state index >= 15 is 0 Å². The first-order chi connectivity index (χ1) is 9.56. The fraction of sp³-hybridized carbons (Fsp3) is 0.900. The van der Waals surface area contributed by atoms with E-state index in [0.717, 1.165) is 23.7 Å². The SMILES string of the molecule is CC1=CC[C@H]2[C@@H]3CC[C@H]4CCCC[C@]4(C)[C@H]3CC[C@]12C. The molecule has 3 fully saturated rings. The Kier molecular flexibility index (Phi) is 2.93. The highest BCUT2D eigenvalue weighted by Gasteiger charge is 2.57. The molecule has 3 saturated carbocycles. The van der Waals surface area contributed by atoms with Crippen LogP contribution < -0.4 is 0 Å². The quantitative estimate of drug-likeness (QED) is 0.476. The van der Waals surface area contributed by atoms with E-state index in [1.54, 1.807) is 24.8 Å². The van der Waals surface area contributed by atoms with Crippen LogP contribution >= 0.6 is 0 Å². The molecule has 0 bridgehead atoms. The summed E-state index contributed by atoms with van der Waals surface area (Å²) in [5, 5.41) is 0. The zero-order valence-corrected chi connectivity index (χ0v) is 13.8. The second-order valence-corrected chi connectivity index (χ2v) is 8.98. The molecule has 0 aromatic carbocycles. The zero-order valence-electron chi connectivity index (χ0n) is 13.8. The Morgan fingerprint density at radius 2 is 1.80 bits per heavy atom. The van der Waals surface area contributed by atoms with Crippen LogP contribution in [0.4, 0.5) is 0 Å². The lowest BCUT2D eigenvalue weighted by Gasteiger charge is -2.60. The minimum Gasteiger partial charge on any atom is -0.0847 e. The highest BCUT2D eigenvalue weighted by molar-refractivity contribution is 5.23. The molecule has 4 aliphatic rings. The second kappa shape index (κ2) is 4.37. The molecule has 0 radical (unpaired) electrons. The van der Waals surface area contributed by atoms with Gasteiger partial charge in [0.2, 0.25) is 0 Å². The molecule has 0 nitrogen and oxygen atoms in total. The van der Waals surface area contributed by atoms with E-state index in [1.165, 1.54) is 38.5 Å². The molecule has 0 heteroatoms. The van der Waals surface area contributed by atoms with Crippen LogP contribution in [0, 0.1) is 34.5 Å². The van der Waals surface area contributed by atoms with Gasteiger partial charge in [-0.3, -0.25) is 0 Å². The first-order valence-corrected chi connectivity index (χ1v) is 9.23. The summed E-state index contributed by atoms with van der Waals surface area (Å²) in [6.07, 6.45) is 16.2. The summed E-state index contributed by atoms with van der Waals surface area (Å²) in [5.74, 6) is 4.15. The Hall–Kier alpha value is -0.260. The summed E-state index contributed by atoms with van der Waals surface area (Å²) >= 11 is 0. The molecule has 0 unspecified atom stereocenters. The smallest absolute Gasteiger partial charge is 0.00851 e. The Labute approximate surface area is 125 Å². The Morgan fingerprint density at radius 1 is 0.950 bits per heavy atom. The predicted octanol–water partition coefficient (Wildman–Crippen LogP) is 5.98. The third kappa shape index (κ3) is 1.60. The molecule has 4 rings (SSSR count). The summed E-state index contributed by atoms with van der Waals surface area (Å²) in [7, 11) is 0. The lowest BCUT2D eigenvalue weighted by atomic mass is 9.45. The van der Waals surface area contributed by atoms with Crippen molar-refractivity contribution >= 4 is 0 Å². The molecule has 0 aliphatic heterocycles. The van der Waals surface area contributed by atoms with E-state index in [-0.39, 0.29) is 0 Å². The monoisotopic (exact) mass is 272 g/mol. The maximum atomic E-state index is 2.69. The highest BCUT2D eigenvalue weighted by Crippen LogP contribution is 2.66. The van der Waals surface area contributed by atoms with Gasteiger partial charge in [-0.2, -0.15) is 0 Å². The fourth-order valence-corrected chi connectivity index (χ4v) is 7.08. The summed E-state index contributed by atoms with van der Waals surface area (Å²) < 4.78 is 0. The molecule has 0 aromatic rings. The molecule has 20 heavy (non-hydrogen) atoms.